The number of benzene rings is 1. The number of nitrogens with zero attached hydrogens (tertiary/aromatic N) is 3. The number of rotatable bonds is 6. The molecule has 1 aromatic heterocycles. The van der Waals surface area contributed by atoms with Gasteiger partial charge in [0.15, 0.2) is 6.61 Å². The first kappa shape index (κ1) is 20.4. The minimum absolute atomic E-state index is 0.117. The van der Waals surface area contributed by atoms with Crippen LogP contribution >= 0.6 is 11.6 Å². The second kappa shape index (κ2) is 8.68. The highest BCUT2D eigenvalue weighted by Crippen LogP contribution is 2.19. The molecule has 0 saturated carbocycles. The van der Waals surface area contributed by atoms with Crippen LogP contribution in [0.1, 0.15) is 21.6 Å². The van der Waals surface area contributed by atoms with Gasteiger partial charge in [-0.2, -0.15) is 5.10 Å². The first-order valence-corrected chi connectivity index (χ1v) is 8.53. The number of hydrogen-bond acceptors (Lipinski definition) is 5. The fourth-order valence-electron chi connectivity index (χ4n) is 2.31. The molecule has 1 N–H and O–H groups in total. The Morgan fingerprint density at radius 3 is 2.41 bits per heavy atom. The normalized spacial score (nSPS) is 10.4. The quantitative estimate of drug-likeness (QED) is 0.758. The molecule has 0 aliphatic carbocycles. The zero-order valence-electron chi connectivity index (χ0n) is 15.6. The largest absolute Gasteiger partial charge is 0.452 e. The molecule has 2 aromatic rings. The molecule has 144 valence electrons. The zero-order chi connectivity index (χ0) is 20.1. The Bertz CT molecular complexity index is 861. The van der Waals surface area contributed by atoms with Crippen LogP contribution < -0.4 is 5.32 Å². The molecule has 0 aliphatic heterocycles. The summed E-state index contributed by atoms with van der Waals surface area (Å²) in [5.41, 5.74) is 2.24. The third kappa shape index (κ3) is 5.30. The lowest BCUT2D eigenvalue weighted by atomic mass is 10.2. The maximum Gasteiger partial charge on any atom is 0.343 e. The van der Waals surface area contributed by atoms with E-state index in [2.05, 4.69) is 10.4 Å². The number of aromatic nitrogens is 2. The van der Waals surface area contributed by atoms with Crippen molar-refractivity contribution in [1.82, 2.24) is 14.7 Å². The summed E-state index contributed by atoms with van der Waals surface area (Å²) < 4.78 is 6.34. The standard InChI is InChI=1S/C18H21ClN4O4/c1-11-5-7-13(8-6-11)20-14(24)9-22(3)15(25)10-27-18(26)16-12(2)21-23(4)17(16)19/h5-8H,9-10H2,1-4H3,(H,20,24). The van der Waals surface area contributed by atoms with Gasteiger partial charge in [0.2, 0.25) is 5.91 Å². The molecule has 0 fully saturated rings. The van der Waals surface area contributed by atoms with Gasteiger partial charge >= 0.3 is 5.97 Å². The van der Waals surface area contributed by atoms with E-state index >= 15 is 0 Å². The molecule has 0 unspecified atom stereocenters. The van der Waals surface area contributed by atoms with E-state index < -0.39 is 18.5 Å². The lowest BCUT2D eigenvalue weighted by molar-refractivity contribution is -0.136. The van der Waals surface area contributed by atoms with Crippen LogP contribution in [0.5, 0.6) is 0 Å². The van der Waals surface area contributed by atoms with Crippen molar-refractivity contribution < 1.29 is 19.1 Å². The molecule has 2 rings (SSSR count). The van der Waals surface area contributed by atoms with Gasteiger partial charge in [-0.15, -0.1) is 0 Å². The summed E-state index contributed by atoms with van der Waals surface area (Å²) in [6.45, 7) is 2.89. The average molecular weight is 393 g/mol. The molecule has 8 nitrogen and oxygen atoms in total. The number of halogens is 1. The molecule has 27 heavy (non-hydrogen) atoms. The van der Waals surface area contributed by atoms with Crippen molar-refractivity contribution in [2.24, 2.45) is 7.05 Å². The Kier molecular flexibility index (Phi) is 6.57. The van der Waals surface area contributed by atoms with Crippen molar-refractivity contribution in [2.45, 2.75) is 13.8 Å². The molecule has 9 heteroatoms. The Hall–Kier alpha value is -2.87. The Morgan fingerprint density at radius 1 is 1.22 bits per heavy atom. The number of carbonyl (C=O) groups excluding carboxylic acids is 3. The Balaban J connectivity index is 1.85. The fourth-order valence-corrected chi connectivity index (χ4v) is 2.56. The summed E-state index contributed by atoms with van der Waals surface area (Å²) >= 11 is 5.99. The molecule has 1 aromatic carbocycles. The molecule has 0 aliphatic rings. The van der Waals surface area contributed by atoms with E-state index in [9.17, 15) is 14.4 Å². The van der Waals surface area contributed by atoms with Crippen LogP contribution in [0.3, 0.4) is 0 Å². The average Bonchev–Trinajstić information content (AvgIpc) is 2.86. The first-order valence-electron chi connectivity index (χ1n) is 8.15. The van der Waals surface area contributed by atoms with Crippen LogP contribution in [0.25, 0.3) is 0 Å². The number of likely N-dealkylation sites (N-methyl/N-ethyl adjacent to an activating group) is 1. The van der Waals surface area contributed by atoms with Crippen LogP contribution in [0.2, 0.25) is 5.15 Å². The number of carbonyl (C=O) groups is 3. The van der Waals surface area contributed by atoms with Crippen LogP contribution in [0.15, 0.2) is 24.3 Å². The van der Waals surface area contributed by atoms with Crippen molar-refractivity contribution in [3.63, 3.8) is 0 Å². The van der Waals surface area contributed by atoms with E-state index in [-0.39, 0.29) is 23.2 Å². The van der Waals surface area contributed by atoms with Gasteiger partial charge in [0.1, 0.15) is 10.7 Å². The van der Waals surface area contributed by atoms with E-state index in [1.54, 1.807) is 26.1 Å². The van der Waals surface area contributed by atoms with E-state index in [1.165, 1.54) is 16.6 Å². The van der Waals surface area contributed by atoms with Crippen molar-refractivity contribution in [1.29, 1.82) is 0 Å². The molecular formula is C18H21ClN4O4. The lowest BCUT2D eigenvalue weighted by Gasteiger charge is -2.16. The van der Waals surface area contributed by atoms with Gasteiger partial charge < -0.3 is 15.0 Å². The van der Waals surface area contributed by atoms with Crippen molar-refractivity contribution in [3.8, 4) is 0 Å². The van der Waals surface area contributed by atoms with E-state index in [1.807, 2.05) is 19.1 Å². The minimum Gasteiger partial charge on any atom is -0.452 e. The summed E-state index contributed by atoms with van der Waals surface area (Å²) in [6.07, 6.45) is 0. The molecule has 0 radical (unpaired) electrons. The third-order valence-electron chi connectivity index (χ3n) is 3.82. The van der Waals surface area contributed by atoms with Crippen molar-refractivity contribution in [2.75, 3.05) is 25.5 Å². The van der Waals surface area contributed by atoms with Gasteiger partial charge in [-0.1, -0.05) is 29.3 Å². The fraction of sp³-hybridized carbons (Fsp3) is 0.333. The van der Waals surface area contributed by atoms with Gasteiger partial charge in [0, 0.05) is 19.8 Å². The van der Waals surface area contributed by atoms with Crippen LogP contribution in [0, 0.1) is 13.8 Å². The Morgan fingerprint density at radius 2 is 1.85 bits per heavy atom. The predicted octanol–water partition coefficient (Wildman–Crippen LogP) is 1.94. The number of nitrogens with one attached hydrogen (secondary N) is 1. The van der Waals surface area contributed by atoms with Crippen LogP contribution in [0.4, 0.5) is 5.69 Å². The first-order chi connectivity index (χ1) is 12.7. The van der Waals surface area contributed by atoms with E-state index in [0.29, 0.717) is 11.4 Å². The number of esters is 1. The summed E-state index contributed by atoms with van der Waals surface area (Å²) in [5, 5.41) is 6.84. The monoisotopic (exact) mass is 392 g/mol. The maximum absolute atomic E-state index is 12.1. The minimum atomic E-state index is -0.739. The third-order valence-corrected chi connectivity index (χ3v) is 4.26. The molecule has 0 spiro atoms. The molecule has 0 bridgehead atoms. The highest BCUT2D eigenvalue weighted by Gasteiger charge is 2.22. The van der Waals surface area contributed by atoms with Gasteiger partial charge in [-0.25, -0.2) is 4.79 Å². The number of aryl methyl sites for hydroxylation is 3. The molecular weight excluding hydrogens is 372 g/mol. The summed E-state index contributed by atoms with van der Waals surface area (Å²) in [5.74, 6) is -1.61. The zero-order valence-corrected chi connectivity index (χ0v) is 16.3. The van der Waals surface area contributed by atoms with Crippen LogP contribution in [-0.4, -0.2) is 52.7 Å². The summed E-state index contributed by atoms with van der Waals surface area (Å²) in [7, 11) is 3.05. The number of ether oxygens (including phenoxy) is 1. The second-order valence-electron chi connectivity index (χ2n) is 6.11. The molecule has 0 atom stereocenters. The van der Waals surface area contributed by atoms with Crippen molar-refractivity contribution in [3.05, 3.63) is 46.2 Å². The van der Waals surface area contributed by atoms with Gasteiger partial charge in [0.25, 0.3) is 5.91 Å². The highest BCUT2D eigenvalue weighted by atomic mass is 35.5. The smallest absolute Gasteiger partial charge is 0.343 e. The van der Waals surface area contributed by atoms with Crippen LogP contribution in [-0.2, 0) is 21.4 Å². The van der Waals surface area contributed by atoms with Gasteiger partial charge in [-0.05, 0) is 26.0 Å². The summed E-state index contributed by atoms with van der Waals surface area (Å²) in [6, 6.07) is 7.29. The van der Waals surface area contributed by atoms with Crippen molar-refractivity contribution >= 4 is 35.1 Å². The van der Waals surface area contributed by atoms with Gasteiger partial charge in [0.05, 0.1) is 12.2 Å². The van der Waals surface area contributed by atoms with E-state index in [4.69, 9.17) is 16.3 Å². The van der Waals surface area contributed by atoms with Gasteiger partial charge in [-0.3, -0.25) is 14.3 Å². The topological polar surface area (TPSA) is 93.5 Å². The highest BCUT2D eigenvalue weighted by molar-refractivity contribution is 6.32. The molecule has 0 saturated heterocycles. The second-order valence-corrected chi connectivity index (χ2v) is 6.47. The predicted molar refractivity (Wildman–Crippen MR) is 101 cm³/mol. The number of amides is 2. The summed E-state index contributed by atoms with van der Waals surface area (Å²) in [4.78, 5) is 37.4. The number of hydrogen-bond donors (Lipinski definition) is 1. The SMILES string of the molecule is Cc1ccc(NC(=O)CN(C)C(=O)COC(=O)c2c(C)nn(C)c2Cl)cc1. The molecule has 2 amide bonds. The lowest BCUT2D eigenvalue weighted by Crippen LogP contribution is -2.37. The van der Waals surface area contributed by atoms with E-state index in [0.717, 1.165) is 5.56 Å². The molecule has 1 heterocycles. The maximum atomic E-state index is 12.1. The number of anilines is 1. The Labute approximate surface area is 162 Å².